The lowest BCUT2D eigenvalue weighted by atomic mass is 10.1. The van der Waals surface area contributed by atoms with Crippen molar-refractivity contribution in [2.24, 2.45) is 5.73 Å². The summed E-state index contributed by atoms with van der Waals surface area (Å²) in [6.07, 6.45) is 0. The van der Waals surface area contributed by atoms with Crippen molar-refractivity contribution in [3.8, 4) is 0 Å². The minimum atomic E-state index is -0.250. The SMILES string of the molecule is Cc1nc(SC(c2ccccc2F)C(C)N)n[nH]1. The van der Waals surface area contributed by atoms with Crippen LogP contribution in [-0.4, -0.2) is 21.2 Å². The minimum absolute atomic E-state index is 0.203. The van der Waals surface area contributed by atoms with E-state index in [1.165, 1.54) is 17.8 Å². The van der Waals surface area contributed by atoms with Gasteiger partial charge in [-0.3, -0.25) is 5.10 Å². The van der Waals surface area contributed by atoms with Gasteiger partial charge in [-0.2, -0.15) is 0 Å². The molecule has 0 saturated carbocycles. The number of aromatic nitrogens is 3. The molecule has 0 spiro atoms. The van der Waals surface area contributed by atoms with Gasteiger partial charge in [0, 0.05) is 11.6 Å². The van der Waals surface area contributed by atoms with Crippen LogP contribution in [0.2, 0.25) is 0 Å². The van der Waals surface area contributed by atoms with E-state index in [1.54, 1.807) is 18.2 Å². The quantitative estimate of drug-likeness (QED) is 0.834. The number of H-pyrrole nitrogens is 1. The number of benzene rings is 1. The Labute approximate surface area is 109 Å². The lowest BCUT2D eigenvalue weighted by Crippen LogP contribution is -2.23. The highest BCUT2D eigenvalue weighted by Gasteiger charge is 2.22. The van der Waals surface area contributed by atoms with E-state index in [1.807, 2.05) is 13.8 Å². The summed E-state index contributed by atoms with van der Waals surface area (Å²) in [5, 5.41) is 7.18. The molecule has 0 saturated heterocycles. The van der Waals surface area contributed by atoms with Crippen LogP contribution in [0.1, 0.15) is 23.6 Å². The molecule has 0 aliphatic carbocycles. The molecule has 1 aromatic carbocycles. The summed E-state index contributed by atoms with van der Waals surface area (Å²) in [6.45, 7) is 3.67. The van der Waals surface area contributed by atoms with E-state index in [2.05, 4.69) is 15.2 Å². The monoisotopic (exact) mass is 266 g/mol. The summed E-state index contributed by atoms with van der Waals surface area (Å²) in [5.41, 5.74) is 6.52. The Bertz CT molecular complexity index is 526. The van der Waals surface area contributed by atoms with E-state index in [0.717, 1.165) is 5.82 Å². The maximum atomic E-state index is 13.8. The second kappa shape index (κ2) is 5.49. The molecule has 1 aromatic heterocycles. The highest BCUT2D eigenvalue weighted by molar-refractivity contribution is 7.99. The molecule has 2 unspecified atom stereocenters. The van der Waals surface area contributed by atoms with Gasteiger partial charge in [0.25, 0.3) is 0 Å². The molecule has 96 valence electrons. The van der Waals surface area contributed by atoms with Gasteiger partial charge in [0.1, 0.15) is 11.6 Å². The van der Waals surface area contributed by atoms with Crippen LogP contribution in [0.3, 0.4) is 0 Å². The Balaban J connectivity index is 2.27. The molecule has 0 aliphatic heterocycles. The number of thioether (sulfide) groups is 1. The van der Waals surface area contributed by atoms with Gasteiger partial charge in [0.2, 0.25) is 5.16 Å². The molecule has 2 aromatic rings. The van der Waals surface area contributed by atoms with Crippen molar-refractivity contribution in [3.05, 3.63) is 41.5 Å². The van der Waals surface area contributed by atoms with Gasteiger partial charge in [-0.15, -0.1) is 5.10 Å². The van der Waals surface area contributed by atoms with E-state index >= 15 is 0 Å². The predicted octanol–water partition coefficient (Wildman–Crippen LogP) is 2.43. The first kappa shape index (κ1) is 13.0. The summed E-state index contributed by atoms with van der Waals surface area (Å²) in [4.78, 5) is 4.21. The molecule has 3 N–H and O–H groups in total. The first-order chi connectivity index (χ1) is 8.58. The van der Waals surface area contributed by atoms with Crippen molar-refractivity contribution >= 4 is 11.8 Å². The number of rotatable bonds is 4. The minimum Gasteiger partial charge on any atom is -0.327 e. The molecule has 0 fully saturated rings. The molecule has 1 heterocycles. The topological polar surface area (TPSA) is 67.6 Å². The van der Waals surface area contributed by atoms with E-state index in [0.29, 0.717) is 10.7 Å². The molecule has 2 rings (SSSR count). The maximum absolute atomic E-state index is 13.8. The van der Waals surface area contributed by atoms with Crippen LogP contribution < -0.4 is 5.73 Å². The Kier molecular flexibility index (Phi) is 3.98. The van der Waals surface area contributed by atoms with Crippen LogP contribution in [0, 0.1) is 12.7 Å². The van der Waals surface area contributed by atoms with E-state index < -0.39 is 0 Å². The molecule has 18 heavy (non-hydrogen) atoms. The molecular formula is C12H15FN4S. The van der Waals surface area contributed by atoms with Crippen LogP contribution in [0.25, 0.3) is 0 Å². The van der Waals surface area contributed by atoms with Crippen molar-refractivity contribution in [2.75, 3.05) is 0 Å². The summed E-state index contributed by atoms with van der Waals surface area (Å²) < 4.78 is 13.8. The fraction of sp³-hybridized carbons (Fsp3) is 0.333. The van der Waals surface area contributed by atoms with Crippen molar-refractivity contribution in [1.29, 1.82) is 0 Å². The first-order valence-electron chi connectivity index (χ1n) is 5.63. The van der Waals surface area contributed by atoms with Gasteiger partial charge in [-0.25, -0.2) is 9.37 Å². The first-order valence-corrected chi connectivity index (χ1v) is 6.51. The highest BCUT2D eigenvalue weighted by atomic mass is 32.2. The second-order valence-corrected chi connectivity index (χ2v) is 5.23. The normalized spacial score (nSPS) is 14.4. The zero-order valence-corrected chi connectivity index (χ0v) is 11.0. The third-order valence-electron chi connectivity index (χ3n) is 2.50. The van der Waals surface area contributed by atoms with Crippen molar-refractivity contribution in [1.82, 2.24) is 15.2 Å². The Morgan fingerprint density at radius 1 is 1.39 bits per heavy atom. The third kappa shape index (κ3) is 2.88. The molecule has 2 atom stereocenters. The fourth-order valence-corrected chi connectivity index (χ4v) is 2.70. The largest absolute Gasteiger partial charge is 0.327 e. The van der Waals surface area contributed by atoms with E-state index in [9.17, 15) is 4.39 Å². The van der Waals surface area contributed by atoms with Crippen molar-refractivity contribution in [2.45, 2.75) is 30.3 Å². The summed E-state index contributed by atoms with van der Waals surface area (Å²) in [7, 11) is 0. The molecule has 0 radical (unpaired) electrons. The van der Waals surface area contributed by atoms with Gasteiger partial charge in [0.05, 0.1) is 5.25 Å². The predicted molar refractivity (Wildman–Crippen MR) is 69.8 cm³/mol. The van der Waals surface area contributed by atoms with Crippen LogP contribution in [0.15, 0.2) is 29.4 Å². The van der Waals surface area contributed by atoms with Gasteiger partial charge in [0.15, 0.2) is 0 Å². The van der Waals surface area contributed by atoms with Gasteiger partial charge in [-0.1, -0.05) is 30.0 Å². The molecular weight excluding hydrogens is 251 g/mol. The third-order valence-corrected chi connectivity index (χ3v) is 3.83. The summed E-state index contributed by atoms with van der Waals surface area (Å²) in [5.74, 6) is 0.481. The molecule has 0 amide bonds. The average molecular weight is 266 g/mol. The zero-order chi connectivity index (χ0) is 13.1. The van der Waals surface area contributed by atoms with Crippen molar-refractivity contribution < 1.29 is 4.39 Å². The zero-order valence-electron chi connectivity index (χ0n) is 10.2. The number of nitrogens with zero attached hydrogens (tertiary/aromatic N) is 2. The van der Waals surface area contributed by atoms with Crippen LogP contribution in [-0.2, 0) is 0 Å². The van der Waals surface area contributed by atoms with Crippen LogP contribution in [0.4, 0.5) is 4.39 Å². The summed E-state index contributed by atoms with van der Waals surface area (Å²) >= 11 is 1.37. The van der Waals surface area contributed by atoms with E-state index in [-0.39, 0.29) is 17.1 Å². The van der Waals surface area contributed by atoms with Crippen LogP contribution >= 0.6 is 11.8 Å². The van der Waals surface area contributed by atoms with Gasteiger partial charge >= 0.3 is 0 Å². The smallest absolute Gasteiger partial charge is 0.209 e. The van der Waals surface area contributed by atoms with Gasteiger partial charge in [-0.05, 0) is 19.9 Å². The lowest BCUT2D eigenvalue weighted by molar-refractivity contribution is 0.592. The molecule has 0 aliphatic rings. The second-order valence-electron chi connectivity index (χ2n) is 4.12. The lowest BCUT2D eigenvalue weighted by Gasteiger charge is -2.19. The Hall–Kier alpha value is -1.40. The molecule has 6 heteroatoms. The number of aryl methyl sites for hydroxylation is 1. The number of aromatic amines is 1. The number of hydrogen-bond donors (Lipinski definition) is 2. The maximum Gasteiger partial charge on any atom is 0.209 e. The average Bonchev–Trinajstić information content (AvgIpc) is 2.73. The Morgan fingerprint density at radius 2 is 2.11 bits per heavy atom. The summed E-state index contributed by atoms with van der Waals surface area (Å²) in [6, 6.07) is 6.45. The van der Waals surface area contributed by atoms with Crippen LogP contribution in [0.5, 0.6) is 0 Å². The fourth-order valence-electron chi connectivity index (χ4n) is 1.65. The number of halogens is 1. The van der Waals surface area contributed by atoms with E-state index in [4.69, 9.17) is 5.73 Å². The number of nitrogens with two attached hydrogens (primary N) is 1. The standard InChI is InChI=1S/C12H15FN4S/c1-7(14)11(9-5-3-4-6-10(9)13)18-12-15-8(2)16-17-12/h3-7,11H,14H2,1-2H3,(H,15,16,17). The number of hydrogen-bond acceptors (Lipinski definition) is 4. The highest BCUT2D eigenvalue weighted by Crippen LogP contribution is 2.36. The molecule has 0 bridgehead atoms. The van der Waals surface area contributed by atoms with Gasteiger partial charge < -0.3 is 5.73 Å². The number of nitrogens with one attached hydrogen (secondary N) is 1. The molecule has 4 nitrogen and oxygen atoms in total. The van der Waals surface area contributed by atoms with Crippen molar-refractivity contribution in [3.63, 3.8) is 0 Å². The Morgan fingerprint density at radius 3 is 2.67 bits per heavy atom.